The van der Waals surface area contributed by atoms with Crippen molar-refractivity contribution >= 4 is 16.7 Å². The zero-order chi connectivity index (χ0) is 20.9. The van der Waals surface area contributed by atoms with Crippen LogP contribution in [0.3, 0.4) is 0 Å². The van der Waals surface area contributed by atoms with Crippen molar-refractivity contribution in [1.29, 1.82) is 0 Å². The summed E-state index contributed by atoms with van der Waals surface area (Å²) in [7, 11) is 1.66. The van der Waals surface area contributed by atoms with Crippen LogP contribution in [0.2, 0.25) is 0 Å². The maximum atomic E-state index is 12.4. The van der Waals surface area contributed by atoms with Crippen molar-refractivity contribution < 1.29 is 9.53 Å². The van der Waals surface area contributed by atoms with Crippen molar-refractivity contribution in [3.05, 3.63) is 60.4 Å². The Bertz CT molecular complexity index is 990. The van der Waals surface area contributed by atoms with Gasteiger partial charge in [0, 0.05) is 50.5 Å². The van der Waals surface area contributed by atoms with Crippen molar-refractivity contribution in [2.45, 2.75) is 45.1 Å². The van der Waals surface area contributed by atoms with Crippen LogP contribution in [0.15, 0.2) is 54.9 Å². The Morgan fingerprint density at radius 3 is 2.57 bits per heavy atom. The predicted molar refractivity (Wildman–Crippen MR) is 123 cm³/mol. The first kappa shape index (κ1) is 20.8. The Hall–Kier alpha value is -2.43. The molecular formula is C26H32N2O2. The number of rotatable bonds is 8. The normalized spacial score (nSPS) is 17.1. The maximum Gasteiger partial charge on any atom is 0.230 e. The molecular weight excluding hydrogens is 372 g/mol. The van der Waals surface area contributed by atoms with Crippen LogP contribution in [0.4, 0.5) is 0 Å². The molecule has 0 spiro atoms. The van der Waals surface area contributed by atoms with Crippen molar-refractivity contribution in [2.24, 2.45) is 0 Å². The largest absolute Gasteiger partial charge is 0.385 e. The standard InChI is InChI=1S/C26H32N2O2/c1-20-5-3-14-27(20)15-13-21-7-9-22(10-8-21)23-11-12-24-18-28(19-25(24)17-23)26(29)6-4-16-30-2/h7-12,17-20H,3-6,13-16H2,1-2H3. The lowest BCUT2D eigenvalue weighted by Gasteiger charge is -2.20. The summed E-state index contributed by atoms with van der Waals surface area (Å²) >= 11 is 0. The molecule has 0 N–H and O–H groups in total. The number of likely N-dealkylation sites (tertiary alicyclic amines) is 1. The van der Waals surface area contributed by atoms with E-state index in [-0.39, 0.29) is 5.91 Å². The van der Waals surface area contributed by atoms with E-state index in [2.05, 4.69) is 54.3 Å². The molecule has 4 rings (SSSR count). The van der Waals surface area contributed by atoms with Gasteiger partial charge in [-0.15, -0.1) is 0 Å². The van der Waals surface area contributed by atoms with E-state index in [1.165, 1.54) is 36.1 Å². The SMILES string of the molecule is COCCCC(=O)n1cc2ccc(-c3ccc(CCN4CCCC4C)cc3)cc2c1. The van der Waals surface area contributed by atoms with Gasteiger partial charge in [0.2, 0.25) is 5.91 Å². The van der Waals surface area contributed by atoms with Gasteiger partial charge in [-0.2, -0.15) is 0 Å². The molecule has 0 radical (unpaired) electrons. The third-order valence-electron chi connectivity index (χ3n) is 6.34. The molecule has 0 amide bonds. The van der Waals surface area contributed by atoms with Gasteiger partial charge in [-0.05, 0) is 67.3 Å². The molecule has 2 aromatic carbocycles. The van der Waals surface area contributed by atoms with Crippen LogP contribution in [0, 0.1) is 0 Å². The lowest BCUT2D eigenvalue weighted by atomic mass is 10.0. The summed E-state index contributed by atoms with van der Waals surface area (Å²) in [5, 5.41) is 2.19. The Labute approximate surface area is 179 Å². The second kappa shape index (κ2) is 9.59. The van der Waals surface area contributed by atoms with Gasteiger partial charge < -0.3 is 9.64 Å². The number of benzene rings is 2. The molecule has 0 saturated carbocycles. The molecule has 1 aliphatic rings. The van der Waals surface area contributed by atoms with Crippen LogP contribution in [0.5, 0.6) is 0 Å². The molecule has 1 fully saturated rings. The summed E-state index contributed by atoms with van der Waals surface area (Å²) in [6.45, 7) is 5.35. The molecule has 3 aromatic rings. The fourth-order valence-corrected chi connectivity index (χ4v) is 4.42. The first-order valence-corrected chi connectivity index (χ1v) is 11.1. The second-order valence-electron chi connectivity index (χ2n) is 8.47. The quantitative estimate of drug-likeness (QED) is 0.471. The van der Waals surface area contributed by atoms with Crippen molar-refractivity contribution in [3.8, 4) is 11.1 Å². The van der Waals surface area contributed by atoms with E-state index in [4.69, 9.17) is 4.74 Å². The summed E-state index contributed by atoms with van der Waals surface area (Å²) in [5.74, 6) is 0.112. The van der Waals surface area contributed by atoms with E-state index in [0.29, 0.717) is 13.0 Å². The number of carbonyl (C=O) groups excluding carboxylic acids is 1. The molecule has 4 heteroatoms. The molecule has 1 aromatic heterocycles. The second-order valence-corrected chi connectivity index (χ2v) is 8.47. The summed E-state index contributed by atoms with van der Waals surface area (Å²) in [6.07, 6.45) is 8.90. The first-order chi connectivity index (χ1) is 14.6. The van der Waals surface area contributed by atoms with Gasteiger partial charge in [0.15, 0.2) is 0 Å². The monoisotopic (exact) mass is 404 g/mol. The average Bonchev–Trinajstić information content (AvgIpc) is 3.38. The number of carbonyl (C=O) groups is 1. The van der Waals surface area contributed by atoms with E-state index in [1.807, 2.05) is 12.4 Å². The van der Waals surface area contributed by atoms with Crippen LogP contribution in [-0.4, -0.2) is 48.2 Å². The minimum atomic E-state index is 0.112. The minimum absolute atomic E-state index is 0.112. The summed E-state index contributed by atoms with van der Waals surface area (Å²) in [6, 6.07) is 16.1. The zero-order valence-corrected chi connectivity index (χ0v) is 18.1. The molecule has 0 bridgehead atoms. The van der Waals surface area contributed by atoms with Crippen molar-refractivity contribution in [2.75, 3.05) is 26.8 Å². The maximum absolute atomic E-state index is 12.4. The van der Waals surface area contributed by atoms with Crippen LogP contribution in [0.1, 0.15) is 43.0 Å². The third kappa shape index (κ3) is 4.82. The topological polar surface area (TPSA) is 34.5 Å². The number of methoxy groups -OCH3 is 1. The number of ether oxygens (including phenoxy) is 1. The van der Waals surface area contributed by atoms with Gasteiger partial charge in [-0.3, -0.25) is 9.36 Å². The molecule has 2 heterocycles. The molecule has 1 atom stereocenters. The highest BCUT2D eigenvalue weighted by Crippen LogP contribution is 2.26. The lowest BCUT2D eigenvalue weighted by Crippen LogP contribution is -2.28. The minimum Gasteiger partial charge on any atom is -0.385 e. The molecule has 0 aliphatic carbocycles. The number of nitrogens with zero attached hydrogens (tertiary/aromatic N) is 2. The molecule has 1 unspecified atom stereocenters. The van der Waals surface area contributed by atoms with E-state index in [0.717, 1.165) is 36.2 Å². The van der Waals surface area contributed by atoms with Crippen molar-refractivity contribution in [1.82, 2.24) is 9.47 Å². The third-order valence-corrected chi connectivity index (χ3v) is 6.34. The zero-order valence-electron chi connectivity index (χ0n) is 18.1. The fourth-order valence-electron chi connectivity index (χ4n) is 4.42. The van der Waals surface area contributed by atoms with E-state index in [1.54, 1.807) is 11.7 Å². The Morgan fingerprint density at radius 2 is 1.83 bits per heavy atom. The molecule has 158 valence electrons. The van der Waals surface area contributed by atoms with Gasteiger partial charge in [0.1, 0.15) is 0 Å². The van der Waals surface area contributed by atoms with Gasteiger partial charge >= 0.3 is 0 Å². The highest BCUT2D eigenvalue weighted by Gasteiger charge is 2.19. The number of fused-ring (bicyclic) bond motifs is 1. The number of hydrogen-bond acceptors (Lipinski definition) is 3. The Morgan fingerprint density at radius 1 is 1.07 bits per heavy atom. The van der Waals surface area contributed by atoms with Gasteiger partial charge in [0.25, 0.3) is 0 Å². The van der Waals surface area contributed by atoms with Gasteiger partial charge in [-0.1, -0.05) is 36.4 Å². The van der Waals surface area contributed by atoms with Crippen LogP contribution < -0.4 is 0 Å². The van der Waals surface area contributed by atoms with Crippen molar-refractivity contribution in [3.63, 3.8) is 0 Å². The van der Waals surface area contributed by atoms with Gasteiger partial charge in [0.05, 0.1) is 0 Å². The smallest absolute Gasteiger partial charge is 0.230 e. The van der Waals surface area contributed by atoms with E-state index in [9.17, 15) is 4.79 Å². The average molecular weight is 405 g/mol. The summed E-state index contributed by atoms with van der Waals surface area (Å²) in [4.78, 5) is 15.0. The van der Waals surface area contributed by atoms with Crippen LogP contribution >= 0.6 is 0 Å². The molecule has 30 heavy (non-hydrogen) atoms. The summed E-state index contributed by atoms with van der Waals surface area (Å²) in [5.41, 5.74) is 3.80. The lowest BCUT2D eigenvalue weighted by molar-refractivity contribution is 0.0884. The molecule has 1 aliphatic heterocycles. The molecule has 4 nitrogen and oxygen atoms in total. The summed E-state index contributed by atoms with van der Waals surface area (Å²) < 4.78 is 6.76. The Kier molecular flexibility index (Phi) is 6.66. The van der Waals surface area contributed by atoms with E-state index < -0.39 is 0 Å². The first-order valence-electron chi connectivity index (χ1n) is 11.1. The number of hydrogen-bond donors (Lipinski definition) is 0. The van der Waals surface area contributed by atoms with Gasteiger partial charge in [-0.25, -0.2) is 0 Å². The van der Waals surface area contributed by atoms with Crippen LogP contribution in [-0.2, 0) is 11.2 Å². The highest BCUT2D eigenvalue weighted by molar-refractivity contribution is 5.91. The molecule has 1 saturated heterocycles. The predicted octanol–water partition coefficient (Wildman–Crippen LogP) is 5.40. The number of aromatic nitrogens is 1. The fraction of sp³-hybridized carbons (Fsp3) is 0.423. The Balaban J connectivity index is 1.43. The van der Waals surface area contributed by atoms with Crippen LogP contribution in [0.25, 0.3) is 21.9 Å². The highest BCUT2D eigenvalue weighted by atomic mass is 16.5. The van der Waals surface area contributed by atoms with E-state index >= 15 is 0 Å².